The van der Waals surface area contributed by atoms with Gasteiger partial charge in [0, 0.05) is 44.6 Å². The van der Waals surface area contributed by atoms with E-state index in [0.717, 1.165) is 48.8 Å². The van der Waals surface area contributed by atoms with Crippen LogP contribution in [0.4, 0.5) is 5.95 Å². The Hall–Kier alpha value is -3.42. The number of ether oxygens (including phenoxy) is 1. The minimum atomic E-state index is -0.0803. The number of nitrogens with zero attached hydrogens (tertiary/aromatic N) is 6. The summed E-state index contributed by atoms with van der Waals surface area (Å²) in [5.74, 6) is 1.45. The molecule has 0 N–H and O–H groups in total. The number of rotatable bonds is 6. The van der Waals surface area contributed by atoms with E-state index >= 15 is 0 Å². The van der Waals surface area contributed by atoms with Gasteiger partial charge in [-0.15, -0.1) is 0 Å². The molecule has 0 saturated carbocycles. The number of likely N-dealkylation sites (tertiary alicyclic amines) is 1. The van der Waals surface area contributed by atoms with Crippen LogP contribution in [0.1, 0.15) is 37.4 Å². The summed E-state index contributed by atoms with van der Waals surface area (Å²) in [6.45, 7) is 2.72. The molecule has 0 spiro atoms. The Morgan fingerprint density at radius 1 is 1.09 bits per heavy atom. The van der Waals surface area contributed by atoms with E-state index in [1.165, 1.54) is 12.8 Å². The van der Waals surface area contributed by atoms with Crippen LogP contribution in [-0.2, 0) is 11.8 Å². The summed E-state index contributed by atoms with van der Waals surface area (Å²) in [6.07, 6.45) is 7.99. The summed E-state index contributed by atoms with van der Waals surface area (Å²) in [7, 11) is 1.91. The molecule has 0 bridgehead atoms. The number of anilines is 1. The van der Waals surface area contributed by atoms with Gasteiger partial charge in [0.25, 0.3) is 5.91 Å². The van der Waals surface area contributed by atoms with Crippen molar-refractivity contribution in [3.8, 4) is 17.0 Å². The molecule has 3 aromatic rings. The van der Waals surface area contributed by atoms with Crippen molar-refractivity contribution < 1.29 is 9.53 Å². The molecule has 1 amide bonds. The average molecular weight is 433 g/mol. The molecular weight excluding hydrogens is 404 g/mol. The van der Waals surface area contributed by atoms with E-state index in [-0.39, 0.29) is 18.6 Å². The minimum Gasteiger partial charge on any atom is -0.484 e. The third kappa shape index (κ3) is 4.17. The van der Waals surface area contributed by atoms with Crippen LogP contribution in [0.2, 0.25) is 0 Å². The quantitative estimate of drug-likeness (QED) is 0.595. The number of hydrogen-bond donors (Lipinski definition) is 0. The minimum absolute atomic E-state index is 0.0200. The Kier molecular flexibility index (Phi) is 5.75. The molecule has 1 aromatic carbocycles. The Bertz CT molecular complexity index is 1080. The molecule has 166 valence electrons. The number of carbonyl (C=O) groups is 1. The number of hydrogen-bond acceptors (Lipinski definition) is 6. The number of aryl methyl sites for hydroxylation is 1. The first-order valence-electron chi connectivity index (χ1n) is 11.3. The maximum atomic E-state index is 13.0. The van der Waals surface area contributed by atoms with E-state index in [1.807, 2.05) is 65.4 Å². The van der Waals surface area contributed by atoms with Gasteiger partial charge in [0.15, 0.2) is 6.61 Å². The molecule has 0 unspecified atom stereocenters. The van der Waals surface area contributed by atoms with Gasteiger partial charge in [-0.2, -0.15) is 5.10 Å². The third-order valence-corrected chi connectivity index (χ3v) is 6.16. The Morgan fingerprint density at radius 3 is 2.72 bits per heavy atom. The van der Waals surface area contributed by atoms with E-state index in [2.05, 4.69) is 9.88 Å². The number of aromatic nitrogens is 4. The van der Waals surface area contributed by atoms with Gasteiger partial charge in [-0.1, -0.05) is 18.2 Å². The fourth-order valence-electron chi connectivity index (χ4n) is 4.61. The van der Waals surface area contributed by atoms with Crippen molar-refractivity contribution in [3.05, 3.63) is 54.5 Å². The molecule has 0 radical (unpaired) electrons. The molecular formula is C24H28N6O2. The van der Waals surface area contributed by atoms with Gasteiger partial charge in [0.2, 0.25) is 5.95 Å². The van der Waals surface area contributed by atoms with Crippen molar-refractivity contribution in [3.63, 3.8) is 0 Å². The Labute approximate surface area is 187 Å². The monoisotopic (exact) mass is 432 g/mol. The molecule has 1 atom stereocenters. The third-order valence-electron chi connectivity index (χ3n) is 6.16. The second-order valence-electron chi connectivity index (χ2n) is 8.38. The first kappa shape index (κ1) is 20.5. The zero-order valence-corrected chi connectivity index (χ0v) is 18.4. The van der Waals surface area contributed by atoms with Crippen LogP contribution >= 0.6 is 0 Å². The van der Waals surface area contributed by atoms with Crippen LogP contribution in [0.15, 0.2) is 48.8 Å². The molecule has 8 heteroatoms. The standard InChI is InChI=1S/C24H28N6O2/c1-28-16-19(20-11-12-25-24(26-20)29-13-5-6-14-29)23(27-28)21-10-7-15-30(21)22(31)17-32-18-8-3-2-4-9-18/h2-4,8-9,11-12,16,21H,5-7,10,13-15,17H2,1H3/t21-/m0/s1. The first-order chi connectivity index (χ1) is 15.7. The van der Waals surface area contributed by atoms with Crippen molar-refractivity contribution in [2.24, 2.45) is 7.05 Å². The van der Waals surface area contributed by atoms with Crippen LogP contribution in [0.25, 0.3) is 11.3 Å². The second kappa shape index (κ2) is 8.98. The van der Waals surface area contributed by atoms with Gasteiger partial charge in [0.05, 0.1) is 17.4 Å². The lowest BCUT2D eigenvalue weighted by Crippen LogP contribution is -2.34. The number of para-hydroxylation sites is 1. The molecule has 2 aromatic heterocycles. The molecule has 4 heterocycles. The number of carbonyl (C=O) groups excluding carboxylic acids is 1. The molecule has 2 aliphatic heterocycles. The van der Waals surface area contributed by atoms with E-state index < -0.39 is 0 Å². The first-order valence-corrected chi connectivity index (χ1v) is 11.3. The fourth-order valence-corrected chi connectivity index (χ4v) is 4.61. The van der Waals surface area contributed by atoms with E-state index in [0.29, 0.717) is 12.3 Å². The fraction of sp³-hybridized carbons (Fsp3) is 0.417. The van der Waals surface area contributed by atoms with Crippen molar-refractivity contribution in [2.75, 3.05) is 31.1 Å². The van der Waals surface area contributed by atoms with Crippen molar-refractivity contribution in [2.45, 2.75) is 31.7 Å². The zero-order chi connectivity index (χ0) is 21.9. The second-order valence-corrected chi connectivity index (χ2v) is 8.38. The molecule has 0 aliphatic carbocycles. The van der Waals surface area contributed by atoms with Gasteiger partial charge in [-0.25, -0.2) is 9.97 Å². The van der Waals surface area contributed by atoms with Gasteiger partial charge < -0.3 is 14.5 Å². The van der Waals surface area contributed by atoms with Gasteiger partial charge >= 0.3 is 0 Å². The highest BCUT2D eigenvalue weighted by atomic mass is 16.5. The molecule has 2 saturated heterocycles. The molecule has 5 rings (SSSR count). The van der Waals surface area contributed by atoms with Gasteiger partial charge in [0.1, 0.15) is 5.75 Å². The summed E-state index contributed by atoms with van der Waals surface area (Å²) < 4.78 is 7.52. The highest BCUT2D eigenvalue weighted by molar-refractivity contribution is 5.79. The maximum absolute atomic E-state index is 13.0. The van der Waals surface area contributed by atoms with E-state index in [1.54, 1.807) is 0 Å². The van der Waals surface area contributed by atoms with Crippen LogP contribution in [0.3, 0.4) is 0 Å². The lowest BCUT2D eigenvalue weighted by molar-refractivity contribution is -0.134. The lowest BCUT2D eigenvalue weighted by atomic mass is 10.0. The Balaban J connectivity index is 1.38. The smallest absolute Gasteiger partial charge is 0.261 e. The van der Waals surface area contributed by atoms with Crippen LogP contribution in [-0.4, -0.2) is 56.8 Å². The normalized spacial score (nSPS) is 18.3. The predicted molar refractivity (Wildman–Crippen MR) is 121 cm³/mol. The highest BCUT2D eigenvalue weighted by Gasteiger charge is 2.34. The van der Waals surface area contributed by atoms with Crippen molar-refractivity contribution >= 4 is 11.9 Å². The largest absolute Gasteiger partial charge is 0.484 e. The predicted octanol–water partition coefficient (Wildman–Crippen LogP) is 3.22. The van der Waals surface area contributed by atoms with E-state index in [4.69, 9.17) is 14.8 Å². The molecule has 8 nitrogen and oxygen atoms in total. The summed E-state index contributed by atoms with van der Waals surface area (Å²) in [5.41, 5.74) is 2.71. The molecule has 2 fully saturated rings. The average Bonchev–Trinajstić information content (AvgIpc) is 3.58. The Morgan fingerprint density at radius 2 is 1.91 bits per heavy atom. The van der Waals surface area contributed by atoms with Crippen LogP contribution in [0, 0.1) is 0 Å². The summed E-state index contributed by atoms with van der Waals surface area (Å²) in [6, 6.07) is 11.3. The van der Waals surface area contributed by atoms with Crippen LogP contribution in [0.5, 0.6) is 5.75 Å². The van der Waals surface area contributed by atoms with Crippen molar-refractivity contribution in [1.82, 2.24) is 24.6 Å². The summed E-state index contributed by atoms with van der Waals surface area (Å²) in [4.78, 5) is 26.5. The highest BCUT2D eigenvalue weighted by Crippen LogP contribution is 2.36. The number of amides is 1. The maximum Gasteiger partial charge on any atom is 0.261 e. The van der Waals surface area contributed by atoms with Gasteiger partial charge in [-0.05, 0) is 43.9 Å². The molecule has 2 aliphatic rings. The molecule has 32 heavy (non-hydrogen) atoms. The SMILES string of the molecule is Cn1cc(-c2ccnc(N3CCCC3)n2)c([C@@H]2CCCN2C(=O)COc2ccccc2)n1. The van der Waals surface area contributed by atoms with Crippen molar-refractivity contribution in [1.29, 1.82) is 0 Å². The van der Waals surface area contributed by atoms with Crippen LogP contribution < -0.4 is 9.64 Å². The topological polar surface area (TPSA) is 76.4 Å². The van der Waals surface area contributed by atoms with E-state index in [9.17, 15) is 4.79 Å². The zero-order valence-electron chi connectivity index (χ0n) is 18.4. The van der Waals surface area contributed by atoms with Gasteiger partial charge in [-0.3, -0.25) is 9.48 Å². The summed E-state index contributed by atoms with van der Waals surface area (Å²) in [5, 5.41) is 4.76. The summed E-state index contributed by atoms with van der Waals surface area (Å²) >= 11 is 0. The lowest BCUT2D eigenvalue weighted by Gasteiger charge is -2.24. The number of benzene rings is 1.